The molecule has 1 aromatic rings. The van der Waals surface area contributed by atoms with Crippen LogP contribution < -0.4 is 9.64 Å². The summed E-state index contributed by atoms with van der Waals surface area (Å²) >= 11 is 0. The van der Waals surface area contributed by atoms with Crippen molar-refractivity contribution < 1.29 is 14.3 Å². The molecule has 0 aromatic heterocycles. The van der Waals surface area contributed by atoms with Crippen molar-refractivity contribution >= 4 is 17.3 Å². The quantitative estimate of drug-likeness (QED) is 0.709. The molecule has 5 heteroatoms. The van der Waals surface area contributed by atoms with E-state index in [1.54, 1.807) is 14.0 Å². The van der Waals surface area contributed by atoms with Gasteiger partial charge in [-0.3, -0.25) is 9.59 Å². The van der Waals surface area contributed by atoms with Crippen LogP contribution in [0.15, 0.2) is 35.4 Å². The van der Waals surface area contributed by atoms with Gasteiger partial charge in [-0.15, -0.1) is 0 Å². The molecule has 3 aliphatic rings. The van der Waals surface area contributed by atoms with E-state index in [2.05, 4.69) is 30.0 Å². The van der Waals surface area contributed by atoms with E-state index >= 15 is 0 Å². The van der Waals surface area contributed by atoms with Crippen molar-refractivity contribution in [2.24, 2.45) is 0 Å². The molecule has 0 bridgehead atoms. The van der Waals surface area contributed by atoms with Gasteiger partial charge in [0.15, 0.2) is 11.6 Å². The molecule has 5 nitrogen and oxygen atoms in total. The van der Waals surface area contributed by atoms with E-state index in [1.807, 2.05) is 18.2 Å². The summed E-state index contributed by atoms with van der Waals surface area (Å²) in [5.41, 5.74) is 5.05. The van der Waals surface area contributed by atoms with Crippen LogP contribution in [-0.4, -0.2) is 56.8 Å². The van der Waals surface area contributed by atoms with Crippen LogP contribution in [0.3, 0.4) is 0 Å². The molecular formula is C23H28N2O3. The van der Waals surface area contributed by atoms with Crippen molar-refractivity contribution in [2.75, 3.05) is 39.2 Å². The molecule has 0 amide bonds. The van der Waals surface area contributed by atoms with Crippen LogP contribution in [0, 0.1) is 0 Å². The standard InChI is InChI=1S/C23H28N2O3/c1-14(26)17-12-18-20(13-22(17)28-4)25(11-5-10-24(2)3)19-8-6-15-16(23(18)19)7-9-21(15)27/h6,8,12-13,19,23H,5,7,9-11H2,1-4H3. The zero-order valence-electron chi connectivity index (χ0n) is 17.1. The minimum Gasteiger partial charge on any atom is -0.496 e. The summed E-state index contributed by atoms with van der Waals surface area (Å²) in [7, 11) is 5.79. The van der Waals surface area contributed by atoms with Gasteiger partial charge >= 0.3 is 0 Å². The van der Waals surface area contributed by atoms with Gasteiger partial charge in [0.2, 0.25) is 0 Å². The van der Waals surface area contributed by atoms with Crippen molar-refractivity contribution in [2.45, 2.75) is 38.1 Å². The number of ketones is 2. The van der Waals surface area contributed by atoms with E-state index in [4.69, 9.17) is 4.74 Å². The first-order chi connectivity index (χ1) is 13.4. The Bertz CT molecular complexity index is 897. The van der Waals surface area contributed by atoms with Crippen molar-refractivity contribution in [3.05, 3.63) is 46.6 Å². The van der Waals surface area contributed by atoms with Gasteiger partial charge < -0.3 is 14.5 Å². The summed E-state index contributed by atoms with van der Waals surface area (Å²) in [4.78, 5) is 29.1. The first-order valence-electron chi connectivity index (χ1n) is 10.0. The van der Waals surface area contributed by atoms with Gasteiger partial charge in [0, 0.05) is 36.2 Å². The van der Waals surface area contributed by atoms with Crippen LogP contribution in [0.2, 0.25) is 0 Å². The van der Waals surface area contributed by atoms with Crippen molar-refractivity contribution in [1.29, 1.82) is 0 Å². The summed E-state index contributed by atoms with van der Waals surface area (Å²) in [6.45, 7) is 3.52. The molecule has 0 N–H and O–H groups in total. The second-order valence-corrected chi connectivity index (χ2v) is 8.21. The van der Waals surface area contributed by atoms with Crippen LogP contribution in [0.5, 0.6) is 5.75 Å². The minimum atomic E-state index is 0.00492. The number of anilines is 1. The lowest BCUT2D eigenvalue weighted by atomic mass is 9.81. The third-order valence-electron chi connectivity index (χ3n) is 6.18. The number of benzene rings is 1. The maximum absolute atomic E-state index is 12.3. The predicted octanol–water partition coefficient (Wildman–Crippen LogP) is 3.35. The van der Waals surface area contributed by atoms with Crippen molar-refractivity contribution in [1.82, 2.24) is 4.90 Å². The smallest absolute Gasteiger partial charge is 0.163 e. The van der Waals surface area contributed by atoms with E-state index < -0.39 is 0 Å². The monoisotopic (exact) mass is 380 g/mol. The fourth-order valence-corrected chi connectivity index (χ4v) is 4.90. The highest BCUT2D eigenvalue weighted by Gasteiger charge is 2.44. The fourth-order valence-electron chi connectivity index (χ4n) is 4.90. The van der Waals surface area contributed by atoms with Gasteiger partial charge in [-0.1, -0.05) is 12.2 Å². The fraction of sp³-hybridized carbons (Fsp3) is 0.478. The van der Waals surface area contributed by atoms with Gasteiger partial charge in [-0.25, -0.2) is 0 Å². The molecular weight excluding hydrogens is 352 g/mol. The summed E-state index contributed by atoms with van der Waals surface area (Å²) in [6.07, 6.45) is 6.68. The number of carbonyl (C=O) groups excluding carboxylic acids is 2. The lowest BCUT2D eigenvalue weighted by Crippen LogP contribution is -2.36. The number of hydrogen-bond acceptors (Lipinski definition) is 5. The normalized spacial score (nSPS) is 22.6. The molecule has 148 valence electrons. The molecule has 1 heterocycles. The van der Waals surface area contributed by atoms with Crippen molar-refractivity contribution in [3.63, 3.8) is 0 Å². The maximum atomic E-state index is 12.3. The zero-order chi connectivity index (χ0) is 20.0. The van der Waals surface area contributed by atoms with E-state index in [0.717, 1.165) is 42.8 Å². The third kappa shape index (κ3) is 2.98. The molecule has 0 spiro atoms. The van der Waals surface area contributed by atoms with E-state index in [9.17, 15) is 9.59 Å². The Morgan fingerprint density at radius 1 is 1.29 bits per heavy atom. The van der Waals surface area contributed by atoms with Gasteiger partial charge in [0.05, 0.1) is 18.7 Å². The predicted molar refractivity (Wildman–Crippen MR) is 110 cm³/mol. The number of rotatable bonds is 6. The number of hydrogen-bond donors (Lipinski definition) is 0. The van der Waals surface area contributed by atoms with Crippen LogP contribution in [0.25, 0.3) is 0 Å². The highest BCUT2D eigenvalue weighted by atomic mass is 16.5. The van der Waals surface area contributed by atoms with E-state index in [0.29, 0.717) is 17.7 Å². The number of methoxy groups -OCH3 is 1. The summed E-state index contributed by atoms with van der Waals surface area (Å²) in [5, 5.41) is 0. The number of carbonyl (C=O) groups is 2. The van der Waals surface area contributed by atoms with Gasteiger partial charge in [-0.05, 0) is 57.6 Å². The Kier molecular flexibility index (Phi) is 4.88. The third-order valence-corrected chi connectivity index (χ3v) is 6.18. The Morgan fingerprint density at radius 3 is 2.75 bits per heavy atom. The summed E-state index contributed by atoms with van der Waals surface area (Å²) < 4.78 is 5.54. The molecule has 1 aliphatic heterocycles. The molecule has 0 saturated carbocycles. The van der Waals surface area contributed by atoms with Crippen LogP contribution in [0.4, 0.5) is 5.69 Å². The number of allylic oxidation sites excluding steroid dienone is 2. The Labute approximate surface area is 166 Å². The Morgan fingerprint density at radius 2 is 2.07 bits per heavy atom. The Hall–Kier alpha value is -2.40. The highest BCUT2D eigenvalue weighted by molar-refractivity contribution is 6.03. The van der Waals surface area contributed by atoms with Crippen LogP contribution in [-0.2, 0) is 4.79 Å². The molecule has 28 heavy (non-hydrogen) atoms. The first kappa shape index (κ1) is 18.9. The molecule has 0 saturated heterocycles. The van der Waals surface area contributed by atoms with E-state index in [-0.39, 0.29) is 23.5 Å². The Balaban J connectivity index is 1.80. The average molecular weight is 380 g/mol. The van der Waals surface area contributed by atoms with Gasteiger partial charge in [0.25, 0.3) is 0 Å². The summed E-state index contributed by atoms with van der Waals surface area (Å²) in [5.74, 6) is 1.04. The zero-order valence-corrected chi connectivity index (χ0v) is 17.1. The molecule has 2 atom stereocenters. The van der Waals surface area contributed by atoms with Crippen molar-refractivity contribution in [3.8, 4) is 5.75 Å². The highest BCUT2D eigenvalue weighted by Crippen LogP contribution is 2.52. The lowest BCUT2D eigenvalue weighted by Gasteiger charge is -2.31. The largest absolute Gasteiger partial charge is 0.496 e. The topological polar surface area (TPSA) is 49.9 Å². The van der Waals surface area contributed by atoms with Gasteiger partial charge in [-0.2, -0.15) is 0 Å². The number of fused-ring (bicyclic) bond motifs is 4. The molecule has 1 aromatic carbocycles. The molecule has 2 aliphatic carbocycles. The molecule has 0 radical (unpaired) electrons. The second kappa shape index (κ2) is 7.21. The lowest BCUT2D eigenvalue weighted by molar-refractivity contribution is -0.114. The molecule has 2 unspecified atom stereocenters. The molecule has 4 rings (SSSR count). The second-order valence-electron chi connectivity index (χ2n) is 8.21. The number of ether oxygens (including phenoxy) is 1. The van der Waals surface area contributed by atoms with E-state index in [1.165, 1.54) is 5.57 Å². The molecule has 0 fully saturated rings. The number of nitrogens with zero attached hydrogens (tertiary/aromatic N) is 2. The van der Waals surface area contributed by atoms with Crippen LogP contribution >= 0.6 is 0 Å². The number of Topliss-reactive ketones (excluding diaryl/α,β-unsaturated/α-hetero) is 2. The first-order valence-corrected chi connectivity index (χ1v) is 10.0. The van der Waals surface area contributed by atoms with Gasteiger partial charge in [0.1, 0.15) is 5.75 Å². The minimum absolute atomic E-state index is 0.00492. The maximum Gasteiger partial charge on any atom is 0.163 e. The SMILES string of the molecule is COc1cc2c(cc1C(C)=O)C1C3=C(C=CC1N2CCCN(C)C)C(=O)CC3. The summed E-state index contributed by atoms with van der Waals surface area (Å²) in [6, 6.07) is 4.23. The average Bonchev–Trinajstić information content (AvgIpc) is 3.18. The van der Waals surface area contributed by atoms with Crippen LogP contribution in [0.1, 0.15) is 48.0 Å².